The Bertz CT molecular complexity index is 1130. The van der Waals surface area contributed by atoms with Gasteiger partial charge in [-0.3, -0.25) is 4.98 Å². The molecule has 5 rings (SSSR count). The van der Waals surface area contributed by atoms with E-state index in [1.165, 1.54) is 25.7 Å². The van der Waals surface area contributed by atoms with Gasteiger partial charge in [-0.15, -0.1) is 21.5 Å². The Balaban J connectivity index is 1.28. The van der Waals surface area contributed by atoms with Gasteiger partial charge in [-0.25, -0.2) is 8.42 Å². The van der Waals surface area contributed by atoms with Crippen molar-refractivity contribution in [3.63, 3.8) is 0 Å². The molecule has 1 aliphatic carbocycles. The van der Waals surface area contributed by atoms with Gasteiger partial charge in [0.05, 0.1) is 5.52 Å². The number of hydrogen-bond acceptors (Lipinski definition) is 6. The number of benzene rings is 1. The summed E-state index contributed by atoms with van der Waals surface area (Å²) in [6.07, 6.45) is 9.59. The molecule has 0 radical (unpaired) electrons. The van der Waals surface area contributed by atoms with E-state index in [4.69, 9.17) is 0 Å². The highest BCUT2D eigenvalue weighted by Crippen LogP contribution is 2.35. The van der Waals surface area contributed by atoms with Crippen molar-refractivity contribution in [1.29, 1.82) is 0 Å². The fraction of sp³-hybridized carbons (Fsp3) is 0.500. The van der Waals surface area contributed by atoms with E-state index in [1.54, 1.807) is 34.0 Å². The van der Waals surface area contributed by atoms with Gasteiger partial charge < -0.3 is 0 Å². The van der Waals surface area contributed by atoms with E-state index in [2.05, 4.69) is 15.2 Å². The molecule has 6 nitrogen and oxygen atoms in total. The normalized spacial score (nSPS) is 19.6. The summed E-state index contributed by atoms with van der Waals surface area (Å²) in [5, 5.41) is 12.0. The van der Waals surface area contributed by atoms with E-state index >= 15 is 0 Å². The Morgan fingerprint density at radius 1 is 1.00 bits per heavy atom. The first-order chi connectivity index (χ1) is 14.6. The molecule has 1 aromatic carbocycles. The van der Waals surface area contributed by atoms with Gasteiger partial charge in [-0.1, -0.05) is 43.9 Å². The van der Waals surface area contributed by atoms with Gasteiger partial charge in [-0.05, 0) is 30.9 Å². The number of piperidine rings is 1. The molecule has 2 aromatic heterocycles. The fourth-order valence-corrected chi connectivity index (χ4v) is 7.50. The van der Waals surface area contributed by atoms with Gasteiger partial charge in [-0.2, -0.15) is 4.31 Å². The molecule has 0 unspecified atom stereocenters. The van der Waals surface area contributed by atoms with Crippen LogP contribution in [0.2, 0.25) is 0 Å². The maximum Gasteiger partial charge on any atom is 0.245 e. The topological polar surface area (TPSA) is 76.1 Å². The Labute approximate surface area is 181 Å². The van der Waals surface area contributed by atoms with Crippen molar-refractivity contribution < 1.29 is 8.42 Å². The molecule has 8 heteroatoms. The second kappa shape index (κ2) is 8.32. The molecular formula is C22H26N4O2S2. The van der Waals surface area contributed by atoms with Crippen molar-refractivity contribution in [2.24, 2.45) is 5.92 Å². The zero-order valence-electron chi connectivity index (χ0n) is 16.9. The summed E-state index contributed by atoms with van der Waals surface area (Å²) >= 11 is 1.73. The maximum atomic E-state index is 13.3. The maximum absolute atomic E-state index is 13.3. The Morgan fingerprint density at radius 3 is 2.57 bits per heavy atom. The molecule has 158 valence electrons. The monoisotopic (exact) mass is 442 g/mol. The highest BCUT2D eigenvalue weighted by molar-refractivity contribution is 7.89. The summed E-state index contributed by atoms with van der Waals surface area (Å²) < 4.78 is 28.2. The summed E-state index contributed by atoms with van der Waals surface area (Å²) in [5.74, 6) is 1.07. The van der Waals surface area contributed by atoms with E-state index < -0.39 is 10.0 Å². The van der Waals surface area contributed by atoms with Gasteiger partial charge in [0.2, 0.25) is 10.0 Å². The fourth-order valence-electron chi connectivity index (χ4n) is 4.74. The molecule has 0 bridgehead atoms. The lowest BCUT2D eigenvalue weighted by atomic mass is 9.99. The lowest BCUT2D eigenvalue weighted by Gasteiger charge is -2.30. The largest absolute Gasteiger partial charge is 0.255 e. The van der Waals surface area contributed by atoms with Gasteiger partial charge in [0.1, 0.15) is 14.9 Å². The van der Waals surface area contributed by atoms with Gasteiger partial charge in [0.15, 0.2) is 0 Å². The van der Waals surface area contributed by atoms with Crippen molar-refractivity contribution >= 4 is 32.3 Å². The number of hydrogen-bond donors (Lipinski definition) is 0. The minimum Gasteiger partial charge on any atom is -0.255 e. The number of pyridine rings is 1. The van der Waals surface area contributed by atoms with Gasteiger partial charge in [0.25, 0.3) is 0 Å². The molecule has 2 aliphatic rings. The van der Waals surface area contributed by atoms with Crippen LogP contribution in [0, 0.1) is 5.92 Å². The molecule has 0 N–H and O–H groups in total. The second-order valence-corrected chi connectivity index (χ2v) is 11.4. The van der Waals surface area contributed by atoms with Crippen LogP contribution in [-0.4, -0.2) is 41.0 Å². The molecule has 1 saturated carbocycles. The molecule has 0 spiro atoms. The number of fused-ring (bicyclic) bond motifs is 1. The zero-order valence-corrected chi connectivity index (χ0v) is 18.5. The second-order valence-electron chi connectivity index (χ2n) is 8.40. The number of nitrogens with zero attached hydrogens (tertiary/aromatic N) is 4. The Hall–Kier alpha value is -1.90. The van der Waals surface area contributed by atoms with Crippen molar-refractivity contribution in [1.82, 2.24) is 19.5 Å². The molecule has 1 saturated heterocycles. The standard InChI is InChI=1S/C22H26N4O2S2/c27-30(28,19-9-3-7-17-8-4-12-23-21(17)19)26-13-10-18(11-14-26)22-25-24-20(29-22)15-16-5-1-2-6-16/h3-4,7-9,12,16,18H,1-2,5-6,10-11,13-15H2. The summed E-state index contributed by atoms with van der Waals surface area (Å²) in [7, 11) is -3.57. The van der Waals surface area contributed by atoms with E-state index in [0.29, 0.717) is 29.4 Å². The Kier molecular flexibility index (Phi) is 5.56. The first-order valence-corrected chi connectivity index (χ1v) is 13.0. The van der Waals surface area contributed by atoms with Crippen LogP contribution in [0.5, 0.6) is 0 Å². The first kappa shape index (κ1) is 20.0. The van der Waals surface area contributed by atoms with Crippen molar-refractivity contribution in [2.75, 3.05) is 13.1 Å². The van der Waals surface area contributed by atoms with Crippen LogP contribution in [0.15, 0.2) is 41.4 Å². The number of aromatic nitrogens is 3. The van der Waals surface area contributed by atoms with Crippen molar-refractivity contribution in [3.05, 3.63) is 46.5 Å². The smallest absolute Gasteiger partial charge is 0.245 e. The number of para-hydroxylation sites is 1. The average Bonchev–Trinajstić information content (AvgIpc) is 3.46. The van der Waals surface area contributed by atoms with Gasteiger partial charge in [0, 0.05) is 37.0 Å². The molecule has 3 heterocycles. The summed E-state index contributed by atoms with van der Waals surface area (Å²) in [5.41, 5.74) is 0.544. The van der Waals surface area contributed by atoms with Crippen LogP contribution in [0.4, 0.5) is 0 Å². The molecule has 0 atom stereocenters. The van der Waals surface area contributed by atoms with E-state index in [0.717, 1.165) is 40.6 Å². The molecule has 3 aromatic rings. The zero-order chi connectivity index (χ0) is 20.6. The summed E-state index contributed by atoms with van der Waals surface area (Å²) in [6, 6.07) is 9.07. The van der Waals surface area contributed by atoms with Crippen LogP contribution in [0.25, 0.3) is 10.9 Å². The molecule has 30 heavy (non-hydrogen) atoms. The highest BCUT2D eigenvalue weighted by Gasteiger charge is 2.32. The molecule has 2 fully saturated rings. The summed E-state index contributed by atoms with van der Waals surface area (Å²) in [4.78, 5) is 4.63. The number of rotatable bonds is 5. The van der Waals surface area contributed by atoms with Crippen LogP contribution in [-0.2, 0) is 16.4 Å². The lowest BCUT2D eigenvalue weighted by Crippen LogP contribution is -2.38. The SMILES string of the molecule is O=S(=O)(c1cccc2cccnc12)N1CCC(c2nnc(CC3CCCC3)s2)CC1. The van der Waals surface area contributed by atoms with E-state index in [9.17, 15) is 8.42 Å². The van der Waals surface area contributed by atoms with Gasteiger partial charge >= 0.3 is 0 Å². The minimum absolute atomic E-state index is 0.300. The number of sulfonamides is 1. The first-order valence-electron chi connectivity index (χ1n) is 10.8. The van der Waals surface area contributed by atoms with Crippen LogP contribution in [0.1, 0.15) is 54.5 Å². The third-order valence-electron chi connectivity index (χ3n) is 6.44. The summed E-state index contributed by atoms with van der Waals surface area (Å²) in [6.45, 7) is 1.02. The van der Waals surface area contributed by atoms with E-state index in [1.807, 2.05) is 18.2 Å². The third kappa shape index (κ3) is 3.88. The van der Waals surface area contributed by atoms with Crippen LogP contribution >= 0.6 is 11.3 Å². The molecular weight excluding hydrogens is 416 g/mol. The molecule has 0 amide bonds. The van der Waals surface area contributed by atoms with Crippen LogP contribution in [0.3, 0.4) is 0 Å². The van der Waals surface area contributed by atoms with Crippen molar-refractivity contribution in [2.45, 2.75) is 55.8 Å². The van der Waals surface area contributed by atoms with Crippen LogP contribution < -0.4 is 0 Å². The lowest BCUT2D eigenvalue weighted by molar-refractivity contribution is 0.318. The average molecular weight is 443 g/mol. The predicted octanol–water partition coefficient (Wildman–Crippen LogP) is 4.39. The Morgan fingerprint density at radius 2 is 1.77 bits per heavy atom. The predicted molar refractivity (Wildman–Crippen MR) is 118 cm³/mol. The van der Waals surface area contributed by atoms with E-state index in [-0.39, 0.29) is 0 Å². The highest BCUT2D eigenvalue weighted by atomic mass is 32.2. The minimum atomic E-state index is -3.57. The third-order valence-corrected chi connectivity index (χ3v) is 9.48. The quantitative estimate of drug-likeness (QED) is 0.586. The van der Waals surface area contributed by atoms with Crippen molar-refractivity contribution in [3.8, 4) is 0 Å². The molecule has 1 aliphatic heterocycles.